The van der Waals surface area contributed by atoms with E-state index in [0.717, 1.165) is 35.2 Å². The zero-order chi connectivity index (χ0) is 14.4. The molecule has 1 aliphatic rings. The van der Waals surface area contributed by atoms with Gasteiger partial charge in [-0.25, -0.2) is 4.98 Å². The second-order valence-corrected chi connectivity index (χ2v) is 6.40. The summed E-state index contributed by atoms with van der Waals surface area (Å²) >= 11 is 1.71. The van der Waals surface area contributed by atoms with E-state index in [9.17, 15) is 0 Å². The molecule has 0 aromatic carbocycles. The largest absolute Gasteiger partial charge is 0.373 e. The maximum atomic E-state index is 6.16. The lowest BCUT2D eigenvalue weighted by atomic mass is 10.1. The van der Waals surface area contributed by atoms with Gasteiger partial charge in [-0.2, -0.15) is 0 Å². The van der Waals surface area contributed by atoms with Crippen LogP contribution in [0.25, 0.3) is 21.3 Å². The summed E-state index contributed by atoms with van der Waals surface area (Å²) in [5.41, 5.74) is 9.25. The topological polar surface area (TPSA) is 66.0 Å². The standard InChI is InChI=1S/C15H17N4OS/c1-9(16)15-18-12-7-17-11-4-6-21-14(11)13(12)19(15)10-3-2-5-20-8-10/h4-7,9-10H,2-3,8,16H2,1H3/t9?,10-/m0/s1. The lowest BCUT2D eigenvalue weighted by Gasteiger charge is -2.26. The number of aromatic nitrogens is 3. The fraction of sp³-hybridized carbons (Fsp3) is 0.400. The smallest absolute Gasteiger partial charge is 0.127 e. The Labute approximate surface area is 126 Å². The Morgan fingerprint density at radius 3 is 3.14 bits per heavy atom. The normalized spacial score (nSPS) is 21.1. The molecule has 3 aromatic heterocycles. The van der Waals surface area contributed by atoms with E-state index in [1.165, 1.54) is 4.70 Å². The molecular weight excluding hydrogens is 284 g/mol. The Morgan fingerprint density at radius 2 is 2.38 bits per heavy atom. The van der Waals surface area contributed by atoms with E-state index in [1.807, 2.05) is 25.8 Å². The molecule has 1 aliphatic heterocycles. The fourth-order valence-corrected chi connectivity index (χ4v) is 3.89. The van der Waals surface area contributed by atoms with Crippen molar-refractivity contribution in [3.8, 4) is 0 Å². The van der Waals surface area contributed by atoms with Gasteiger partial charge in [-0.05, 0) is 31.2 Å². The first-order valence-electron chi connectivity index (χ1n) is 7.18. The highest BCUT2D eigenvalue weighted by Crippen LogP contribution is 2.35. The van der Waals surface area contributed by atoms with Crippen LogP contribution in [0.5, 0.6) is 0 Å². The molecule has 4 rings (SSSR count). The summed E-state index contributed by atoms with van der Waals surface area (Å²) in [5.74, 6) is 0.920. The molecule has 1 fully saturated rings. The van der Waals surface area contributed by atoms with Gasteiger partial charge in [0.05, 0.1) is 47.2 Å². The van der Waals surface area contributed by atoms with Crippen molar-refractivity contribution in [1.82, 2.24) is 14.5 Å². The van der Waals surface area contributed by atoms with Crippen LogP contribution in [0.2, 0.25) is 0 Å². The van der Waals surface area contributed by atoms with Crippen molar-refractivity contribution in [3.63, 3.8) is 0 Å². The van der Waals surface area contributed by atoms with Gasteiger partial charge in [-0.3, -0.25) is 4.98 Å². The summed E-state index contributed by atoms with van der Waals surface area (Å²) in [6, 6.07) is 2.22. The van der Waals surface area contributed by atoms with Gasteiger partial charge >= 0.3 is 0 Å². The molecule has 6 heteroatoms. The predicted molar refractivity (Wildman–Crippen MR) is 84.0 cm³/mol. The number of pyridine rings is 1. The molecular formula is C15H17N4OS. The summed E-state index contributed by atoms with van der Waals surface area (Å²) in [6.07, 6.45) is 3.87. The molecule has 2 N–H and O–H groups in total. The number of thiophene rings is 1. The quantitative estimate of drug-likeness (QED) is 0.789. The molecule has 21 heavy (non-hydrogen) atoms. The Kier molecular flexibility index (Phi) is 3.17. The molecule has 1 unspecified atom stereocenters. The van der Waals surface area contributed by atoms with Crippen LogP contribution < -0.4 is 5.73 Å². The van der Waals surface area contributed by atoms with Gasteiger partial charge in [0.2, 0.25) is 0 Å². The Balaban J connectivity index is 2.03. The highest BCUT2D eigenvalue weighted by atomic mass is 32.1. The van der Waals surface area contributed by atoms with E-state index in [-0.39, 0.29) is 12.1 Å². The van der Waals surface area contributed by atoms with E-state index in [2.05, 4.69) is 14.9 Å². The molecule has 0 aliphatic carbocycles. The van der Waals surface area contributed by atoms with Gasteiger partial charge in [0.1, 0.15) is 11.3 Å². The first-order chi connectivity index (χ1) is 10.3. The monoisotopic (exact) mass is 301 g/mol. The SMILES string of the molecule is CC(N)c1nc2cnc3ccsc3c2n1[C@H]1CC[CH]OC1. The van der Waals surface area contributed by atoms with Crippen molar-refractivity contribution in [2.75, 3.05) is 6.61 Å². The summed E-state index contributed by atoms with van der Waals surface area (Å²) in [4.78, 5) is 9.22. The number of rotatable bonds is 2. The van der Waals surface area contributed by atoms with E-state index in [4.69, 9.17) is 15.5 Å². The maximum absolute atomic E-state index is 6.16. The zero-order valence-corrected chi connectivity index (χ0v) is 12.6. The van der Waals surface area contributed by atoms with E-state index in [0.29, 0.717) is 6.61 Å². The van der Waals surface area contributed by atoms with Crippen LogP contribution >= 0.6 is 11.3 Å². The van der Waals surface area contributed by atoms with Crippen LogP contribution in [0.1, 0.15) is 37.7 Å². The second-order valence-electron chi connectivity index (χ2n) is 5.49. The Bertz CT molecular complexity index is 786. The van der Waals surface area contributed by atoms with Crippen molar-refractivity contribution < 1.29 is 4.74 Å². The first-order valence-corrected chi connectivity index (χ1v) is 8.06. The molecule has 0 spiro atoms. The Morgan fingerprint density at radius 1 is 1.48 bits per heavy atom. The third-order valence-electron chi connectivity index (χ3n) is 3.95. The van der Waals surface area contributed by atoms with Crippen LogP contribution in [0.3, 0.4) is 0 Å². The molecule has 4 heterocycles. The van der Waals surface area contributed by atoms with Crippen molar-refractivity contribution in [1.29, 1.82) is 0 Å². The molecule has 5 nitrogen and oxygen atoms in total. The number of imidazole rings is 1. The van der Waals surface area contributed by atoms with Crippen molar-refractivity contribution in [2.45, 2.75) is 31.8 Å². The molecule has 1 radical (unpaired) electrons. The van der Waals surface area contributed by atoms with Crippen LogP contribution in [0.15, 0.2) is 17.6 Å². The van der Waals surface area contributed by atoms with Crippen molar-refractivity contribution in [2.24, 2.45) is 5.73 Å². The summed E-state index contributed by atoms with van der Waals surface area (Å²) in [5, 5.41) is 2.07. The number of hydrogen-bond donors (Lipinski definition) is 1. The highest BCUT2D eigenvalue weighted by Gasteiger charge is 2.25. The average Bonchev–Trinajstić information content (AvgIpc) is 3.11. The minimum atomic E-state index is -0.113. The molecule has 2 atom stereocenters. The first kappa shape index (κ1) is 13.2. The summed E-state index contributed by atoms with van der Waals surface area (Å²) in [7, 11) is 0. The minimum absolute atomic E-state index is 0.113. The zero-order valence-electron chi connectivity index (χ0n) is 11.8. The van der Waals surface area contributed by atoms with Crippen LogP contribution in [0, 0.1) is 6.61 Å². The summed E-state index contributed by atoms with van der Waals surface area (Å²) < 4.78 is 9.02. The number of nitrogens with zero attached hydrogens (tertiary/aromatic N) is 3. The van der Waals surface area contributed by atoms with Crippen molar-refractivity contribution in [3.05, 3.63) is 30.1 Å². The van der Waals surface area contributed by atoms with Gasteiger partial charge in [0.25, 0.3) is 0 Å². The number of ether oxygens (including phenoxy) is 1. The highest BCUT2D eigenvalue weighted by molar-refractivity contribution is 7.18. The predicted octanol–water partition coefficient (Wildman–Crippen LogP) is 3.18. The lowest BCUT2D eigenvalue weighted by Crippen LogP contribution is -2.23. The van der Waals surface area contributed by atoms with E-state index < -0.39 is 0 Å². The third kappa shape index (κ3) is 2.06. The second kappa shape index (κ2) is 5.05. The molecule has 0 amide bonds. The van der Waals surface area contributed by atoms with Gasteiger partial charge in [0.15, 0.2) is 0 Å². The van der Waals surface area contributed by atoms with Gasteiger partial charge in [-0.1, -0.05) is 0 Å². The molecule has 0 saturated carbocycles. The number of nitrogens with two attached hydrogens (primary N) is 1. The van der Waals surface area contributed by atoms with Crippen molar-refractivity contribution >= 4 is 32.6 Å². The number of hydrogen-bond acceptors (Lipinski definition) is 5. The minimum Gasteiger partial charge on any atom is -0.373 e. The molecule has 109 valence electrons. The third-order valence-corrected chi connectivity index (χ3v) is 4.86. The van der Waals surface area contributed by atoms with E-state index >= 15 is 0 Å². The fourth-order valence-electron chi connectivity index (χ4n) is 3.00. The Hall–Kier alpha value is -1.50. The molecule has 0 bridgehead atoms. The molecule has 3 aromatic rings. The van der Waals surface area contributed by atoms with Crippen LogP contribution in [0.4, 0.5) is 0 Å². The lowest BCUT2D eigenvalue weighted by molar-refractivity contribution is 0.110. The summed E-state index contributed by atoms with van der Waals surface area (Å²) in [6.45, 7) is 4.55. The van der Waals surface area contributed by atoms with Gasteiger partial charge in [0, 0.05) is 0 Å². The number of fused-ring (bicyclic) bond motifs is 3. The van der Waals surface area contributed by atoms with Crippen LogP contribution in [-0.4, -0.2) is 21.1 Å². The average molecular weight is 301 g/mol. The van der Waals surface area contributed by atoms with Crippen LogP contribution in [-0.2, 0) is 4.74 Å². The van der Waals surface area contributed by atoms with Gasteiger partial charge < -0.3 is 15.0 Å². The van der Waals surface area contributed by atoms with Gasteiger partial charge in [-0.15, -0.1) is 11.3 Å². The molecule has 1 saturated heterocycles. The van der Waals surface area contributed by atoms with E-state index in [1.54, 1.807) is 11.3 Å². The maximum Gasteiger partial charge on any atom is 0.127 e.